The molecule has 0 aliphatic rings. The number of nitro groups is 2. The zero-order valence-corrected chi connectivity index (χ0v) is 25.3. The van der Waals surface area contributed by atoms with Gasteiger partial charge in [0.1, 0.15) is 23.0 Å². The van der Waals surface area contributed by atoms with E-state index in [9.17, 15) is 10.2 Å². The lowest BCUT2D eigenvalue weighted by Gasteiger charge is -2.17. The third kappa shape index (κ3) is 10.0. The summed E-state index contributed by atoms with van der Waals surface area (Å²) in [5.74, 6) is 2.24. The molecule has 0 saturated heterocycles. The topological polar surface area (TPSA) is 145 Å². The Kier molecular flexibility index (Phi) is 13.0. The van der Waals surface area contributed by atoms with Gasteiger partial charge in [-0.25, -0.2) is 0 Å². The molecule has 0 atom stereocenters. The number of para-hydroxylation sites is 4. The van der Waals surface area contributed by atoms with Crippen molar-refractivity contribution in [3.05, 3.63) is 138 Å². The Morgan fingerprint density at radius 2 is 0.860 bits per heavy atom. The lowest BCUT2D eigenvalue weighted by Crippen LogP contribution is -2.01. The Labute approximate surface area is 251 Å². The van der Waals surface area contributed by atoms with Gasteiger partial charge in [-0.1, -0.05) is 72.8 Å². The number of methoxy groups -OCH3 is 2. The van der Waals surface area contributed by atoms with Gasteiger partial charge < -0.3 is 19.7 Å². The van der Waals surface area contributed by atoms with Crippen molar-refractivity contribution in [2.45, 2.75) is 33.1 Å². The van der Waals surface area contributed by atoms with Gasteiger partial charge >= 0.3 is 0 Å². The zero-order valence-electron chi connectivity index (χ0n) is 25.3. The Balaban J connectivity index is 0.000000719. The first-order valence-corrected chi connectivity index (χ1v) is 13.4. The number of phenolic OH excluding ortho intramolecular Hbond substituents is 2. The van der Waals surface area contributed by atoms with Crippen LogP contribution in [0.25, 0.3) is 0 Å². The molecule has 0 radical (unpaired) electrons. The maximum Gasteiger partial charge on any atom is 0.194 e. The average Bonchev–Trinajstić information content (AvgIpc) is 2.93. The number of hydrogen-bond acceptors (Lipinski definition) is 8. The molecule has 0 aromatic heterocycles. The van der Waals surface area contributed by atoms with Crippen LogP contribution in [0.15, 0.2) is 72.8 Å². The monoisotopic (exact) mass is 590 g/mol. The second-order valence-electron chi connectivity index (χ2n) is 9.79. The molecule has 0 heterocycles. The third-order valence-corrected chi connectivity index (χ3v) is 6.55. The molecule has 0 fully saturated rings. The van der Waals surface area contributed by atoms with E-state index in [1.54, 1.807) is 14.2 Å². The summed E-state index contributed by atoms with van der Waals surface area (Å²) in [6.07, 6.45) is 1.67. The van der Waals surface area contributed by atoms with Crippen molar-refractivity contribution in [2.24, 2.45) is 0 Å². The second kappa shape index (κ2) is 16.4. The summed E-state index contributed by atoms with van der Waals surface area (Å²) in [7, 11) is 5.12. The summed E-state index contributed by atoms with van der Waals surface area (Å²) in [5.41, 5.74) is 7.49. The van der Waals surface area contributed by atoms with Gasteiger partial charge in [0, 0.05) is 29.1 Å². The molecule has 0 unspecified atom stereocenters. The van der Waals surface area contributed by atoms with Gasteiger partial charge in [-0.05, 0) is 58.4 Å². The van der Waals surface area contributed by atoms with E-state index in [0.29, 0.717) is 30.8 Å². The normalized spacial score (nSPS) is 10.0. The van der Waals surface area contributed by atoms with Crippen molar-refractivity contribution in [1.82, 2.24) is 0 Å². The maximum atomic E-state index is 11.2. The van der Waals surface area contributed by atoms with Crippen molar-refractivity contribution < 1.29 is 29.5 Å². The van der Waals surface area contributed by atoms with Crippen LogP contribution in [0.5, 0.6) is 23.0 Å². The van der Waals surface area contributed by atoms with Gasteiger partial charge in [-0.2, -0.15) is 0 Å². The van der Waals surface area contributed by atoms with E-state index in [0.717, 1.165) is 70.1 Å². The summed E-state index contributed by atoms with van der Waals surface area (Å²) in [6.45, 7) is 3.92. The van der Waals surface area contributed by atoms with Crippen molar-refractivity contribution in [2.75, 3.05) is 28.3 Å². The molecule has 4 aromatic rings. The Morgan fingerprint density at radius 3 is 1.26 bits per heavy atom. The Morgan fingerprint density at radius 1 is 0.558 bits per heavy atom. The molecule has 0 saturated carbocycles. The SMILES string of the molecule is COc1c(C)cccc1Cc1cccc(Cc2cccc(Cc3cccc(C)c3O)c2OC)c1O.C[N+](=O)[O-].C[N+](=O)[O-]. The van der Waals surface area contributed by atoms with Gasteiger partial charge in [-0.3, -0.25) is 20.2 Å². The van der Waals surface area contributed by atoms with E-state index < -0.39 is 9.85 Å². The highest BCUT2D eigenvalue weighted by molar-refractivity contribution is 5.52. The standard InChI is InChI=1S/C31H32O4.2CH3NO2/c1-20-9-5-11-22(28(20)32)17-26-15-8-16-27(31(26)35-4)19-24-13-7-12-23(29(24)33)18-25-14-6-10-21(2)30(25)34-3;2*1-2(3)4/h5-16,32-33H,17-19H2,1-4H3;2*1H3. The van der Waals surface area contributed by atoms with Crippen LogP contribution in [0.3, 0.4) is 0 Å². The number of benzene rings is 4. The molecule has 228 valence electrons. The predicted octanol–water partition coefficient (Wildman–Crippen LogP) is 6.29. The van der Waals surface area contributed by atoms with Crippen LogP contribution < -0.4 is 9.47 Å². The van der Waals surface area contributed by atoms with Crippen LogP contribution in [0.2, 0.25) is 0 Å². The average molecular weight is 591 g/mol. The highest BCUT2D eigenvalue weighted by Gasteiger charge is 2.16. The first-order chi connectivity index (χ1) is 20.4. The summed E-state index contributed by atoms with van der Waals surface area (Å²) in [6, 6.07) is 23.8. The molecule has 43 heavy (non-hydrogen) atoms. The van der Waals surface area contributed by atoms with Crippen molar-refractivity contribution in [1.29, 1.82) is 0 Å². The van der Waals surface area contributed by atoms with Crippen molar-refractivity contribution in [3.63, 3.8) is 0 Å². The minimum atomic E-state index is -0.500. The number of ether oxygens (including phenoxy) is 2. The number of rotatable bonds is 8. The Bertz CT molecular complexity index is 1530. The first-order valence-electron chi connectivity index (χ1n) is 13.4. The molecule has 0 bridgehead atoms. The number of hydrogen-bond donors (Lipinski definition) is 2. The smallest absolute Gasteiger partial charge is 0.194 e. The van der Waals surface area contributed by atoms with Crippen LogP contribution in [0.4, 0.5) is 0 Å². The van der Waals surface area contributed by atoms with E-state index in [4.69, 9.17) is 29.7 Å². The van der Waals surface area contributed by atoms with E-state index in [1.807, 2.05) is 86.6 Å². The van der Waals surface area contributed by atoms with Gasteiger partial charge in [0.2, 0.25) is 0 Å². The van der Waals surface area contributed by atoms with Gasteiger partial charge in [0.05, 0.1) is 14.2 Å². The molecule has 0 spiro atoms. The second-order valence-corrected chi connectivity index (χ2v) is 9.79. The molecule has 10 heteroatoms. The third-order valence-electron chi connectivity index (χ3n) is 6.55. The fraction of sp³-hybridized carbons (Fsp3) is 0.273. The van der Waals surface area contributed by atoms with Crippen molar-refractivity contribution >= 4 is 0 Å². The van der Waals surface area contributed by atoms with Crippen LogP contribution in [0, 0.1) is 34.1 Å². The fourth-order valence-corrected chi connectivity index (χ4v) is 4.73. The molecule has 2 N–H and O–H groups in total. The van der Waals surface area contributed by atoms with Crippen LogP contribution >= 0.6 is 0 Å². The molecule has 0 amide bonds. The highest BCUT2D eigenvalue weighted by atomic mass is 16.6. The first kappa shape index (κ1) is 34.1. The van der Waals surface area contributed by atoms with Crippen LogP contribution in [0.1, 0.15) is 44.5 Å². The molecule has 4 rings (SSSR count). The number of aryl methyl sites for hydroxylation is 2. The van der Waals surface area contributed by atoms with Crippen molar-refractivity contribution in [3.8, 4) is 23.0 Å². The molecule has 10 nitrogen and oxygen atoms in total. The zero-order chi connectivity index (χ0) is 32.1. The van der Waals surface area contributed by atoms with E-state index in [1.165, 1.54) is 0 Å². The minimum absolute atomic E-state index is 0.292. The molecule has 0 aliphatic carbocycles. The molecular formula is C33H38N2O8. The van der Waals surface area contributed by atoms with Crippen LogP contribution in [-0.2, 0) is 19.3 Å². The summed E-state index contributed by atoms with van der Waals surface area (Å²) in [5, 5.41) is 39.3. The number of phenols is 2. The van der Waals surface area contributed by atoms with Crippen LogP contribution in [-0.4, -0.2) is 48.4 Å². The van der Waals surface area contributed by atoms with Gasteiger partial charge in [-0.15, -0.1) is 0 Å². The van der Waals surface area contributed by atoms with E-state index in [-0.39, 0.29) is 0 Å². The molecular weight excluding hydrogens is 552 g/mol. The maximum absolute atomic E-state index is 11.2. The fourth-order valence-electron chi connectivity index (χ4n) is 4.73. The minimum Gasteiger partial charge on any atom is -0.507 e. The highest BCUT2D eigenvalue weighted by Crippen LogP contribution is 2.35. The summed E-state index contributed by atoms with van der Waals surface area (Å²) in [4.78, 5) is 16.6. The molecule has 4 aromatic carbocycles. The predicted molar refractivity (Wildman–Crippen MR) is 166 cm³/mol. The lowest BCUT2D eigenvalue weighted by molar-refractivity contribution is -0.445. The summed E-state index contributed by atoms with van der Waals surface area (Å²) < 4.78 is 11.4. The largest absolute Gasteiger partial charge is 0.507 e. The van der Waals surface area contributed by atoms with Gasteiger partial charge in [0.25, 0.3) is 0 Å². The lowest BCUT2D eigenvalue weighted by atomic mass is 9.94. The summed E-state index contributed by atoms with van der Waals surface area (Å²) >= 11 is 0. The van der Waals surface area contributed by atoms with Gasteiger partial charge in [0.15, 0.2) is 14.1 Å². The number of aromatic hydroxyl groups is 2. The molecule has 0 aliphatic heterocycles. The Hall–Kier alpha value is -5.12. The van der Waals surface area contributed by atoms with E-state index in [2.05, 4.69) is 0 Å². The van der Waals surface area contributed by atoms with E-state index >= 15 is 0 Å². The quantitative estimate of drug-likeness (QED) is 0.180. The number of nitrogens with zero attached hydrogens (tertiary/aromatic N) is 2.